The lowest BCUT2D eigenvalue weighted by Crippen LogP contribution is -1.87. The third-order valence-electron chi connectivity index (χ3n) is 4.14. The van der Waals surface area contributed by atoms with Gasteiger partial charge in [-0.15, -0.1) is 0 Å². The molecule has 0 spiro atoms. The molecule has 0 aliphatic carbocycles. The summed E-state index contributed by atoms with van der Waals surface area (Å²) in [6, 6.07) is 26.8. The molecule has 0 aliphatic rings. The van der Waals surface area contributed by atoms with Crippen LogP contribution in [-0.2, 0) is 0 Å². The predicted octanol–water partition coefficient (Wildman–Crippen LogP) is 5.47. The zero-order chi connectivity index (χ0) is 14.9. The van der Waals surface area contributed by atoms with Crippen molar-refractivity contribution >= 4 is 27.8 Å². The molecule has 0 bridgehead atoms. The fraction of sp³-hybridized carbons (Fsp3) is 0. The number of carbonyl (C=O) groups excluding carboxylic acids is 1. The molecule has 0 saturated heterocycles. The molecule has 0 fully saturated rings. The van der Waals surface area contributed by atoms with Crippen LogP contribution in [0.1, 0.15) is 10.4 Å². The van der Waals surface area contributed by atoms with Crippen molar-refractivity contribution in [2.24, 2.45) is 0 Å². The molecule has 104 valence electrons. The normalized spacial score (nSPS) is 10.9. The second-order valence-electron chi connectivity index (χ2n) is 5.43. The molecule has 22 heavy (non-hydrogen) atoms. The lowest BCUT2D eigenvalue weighted by atomic mass is 9.95. The lowest BCUT2D eigenvalue weighted by molar-refractivity contribution is 0.112. The first kappa shape index (κ1) is 12.8. The maximum absolute atomic E-state index is 11.2. The van der Waals surface area contributed by atoms with Crippen LogP contribution < -0.4 is 0 Å². The summed E-state index contributed by atoms with van der Waals surface area (Å²) in [5.74, 6) is 0. The molecule has 1 nitrogen and oxygen atoms in total. The van der Waals surface area contributed by atoms with E-state index in [1.807, 2.05) is 24.3 Å². The van der Waals surface area contributed by atoms with E-state index in [0.717, 1.165) is 23.0 Å². The molecule has 0 N–H and O–H groups in total. The molecule has 0 aliphatic heterocycles. The molecule has 0 aromatic heterocycles. The standard InChI is InChI=1S/C21H14O/c22-14-18-6-2-3-7-19(18)16-11-12-21-17(13-16)10-9-15-5-1-4-8-20(15)21/h1-14H. The Labute approximate surface area is 128 Å². The van der Waals surface area contributed by atoms with Crippen LogP contribution in [0, 0.1) is 0 Å². The third-order valence-corrected chi connectivity index (χ3v) is 4.14. The Morgan fingerprint density at radius 1 is 0.636 bits per heavy atom. The van der Waals surface area contributed by atoms with Gasteiger partial charge in [0.2, 0.25) is 0 Å². The molecule has 0 atom stereocenters. The summed E-state index contributed by atoms with van der Waals surface area (Å²) in [7, 11) is 0. The Morgan fingerprint density at radius 3 is 2.27 bits per heavy atom. The van der Waals surface area contributed by atoms with Crippen molar-refractivity contribution in [2.45, 2.75) is 0 Å². The lowest BCUT2D eigenvalue weighted by Gasteiger charge is -2.08. The third kappa shape index (κ3) is 1.99. The van der Waals surface area contributed by atoms with Crippen molar-refractivity contribution in [1.82, 2.24) is 0 Å². The van der Waals surface area contributed by atoms with Crippen LogP contribution >= 0.6 is 0 Å². The minimum atomic E-state index is 0.725. The molecule has 1 heteroatoms. The summed E-state index contributed by atoms with van der Waals surface area (Å²) < 4.78 is 0. The minimum Gasteiger partial charge on any atom is -0.298 e. The summed E-state index contributed by atoms with van der Waals surface area (Å²) in [6.45, 7) is 0. The molecule has 0 unspecified atom stereocenters. The van der Waals surface area contributed by atoms with Gasteiger partial charge in [0.25, 0.3) is 0 Å². The van der Waals surface area contributed by atoms with E-state index in [4.69, 9.17) is 0 Å². The van der Waals surface area contributed by atoms with Crippen molar-refractivity contribution < 1.29 is 4.79 Å². The van der Waals surface area contributed by atoms with E-state index in [9.17, 15) is 4.79 Å². The zero-order valence-electron chi connectivity index (χ0n) is 12.0. The highest BCUT2D eigenvalue weighted by Crippen LogP contribution is 2.30. The highest BCUT2D eigenvalue weighted by atomic mass is 16.1. The van der Waals surface area contributed by atoms with E-state index in [-0.39, 0.29) is 0 Å². The Bertz CT molecular complexity index is 999. The number of rotatable bonds is 2. The molecule has 0 amide bonds. The van der Waals surface area contributed by atoms with Gasteiger partial charge in [0.05, 0.1) is 0 Å². The van der Waals surface area contributed by atoms with E-state index in [1.54, 1.807) is 0 Å². The van der Waals surface area contributed by atoms with E-state index >= 15 is 0 Å². The van der Waals surface area contributed by atoms with Crippen molar-refractivity contribution in [3.05, 3.63) is 84.4 Å². The van der Waals surface area contributed by atoms with Crippen molar-refractivity contribution in [2.75, 3.05) is 0 Å². The van der Waals surface area contributed by atoms with Crippen LogP contribution in [-0.4, -0.2) is 6.29 Å². The summed E-state index contributed by atoms with van der Waals surface area (Å²) in [5.41, 5.74) is 2.78. The summed E-state index contributed by atoms with van der Waals surface area (Å²) >= 11 is 0. The second kappa shape index (κ2) is 5.12. The monoisotopic (exact) mass is 282 g/mol. The van der Waals surface area contributed by atoms with E-state index < -0.39 is 0 Å². The highest BCUT2D eigenvalue weighted by molar-refractivity contribution is 6.08. The number of hydrogen-bond acceptors (Lipinski definition) is 1. The first-order valence-corrected chi connectivity index (χ1v) is 7.33. The molecule has 4 aromatic carbocycles. The van der Waals surface area contributed by atoms with Gasteiger partial charge < -0.3 is 0 Å². The average Bonchev–Trinajstić information content (AvgIpc) is 2.61. The average molecular weight is 282 g/mol. The quantitative estimate of drug-likeness (QED) is 0.352. The first-order valence-electron chi connectivity index (χ1n) is 7.33. The van der Waals surface area contributed by atoms with Gasteiger partial charge in [-0.1, -0.05) is 72.8 Å². The maximum Gasteiger partial charge on any atom is 0.150 e. The topological polar surface area (TPSA) is 17.1 Å². The molecule has 0 saturated carbocycles. The van der Waals surface area contributed by atoms with Crippen LogP contribution in [0.3, 0.4) is 0 Å². The number of fused-ring (bicyclic) bond motifs is 3. The zero-order valence-corrected chi connectivity index (χ0v) is 12.0. The Kier molecular flexibility index (Phi) is 2.97. The van der Waals surface area contributed by atoms with Crippen LogP contribution in [0.5, 0.6) is 0 Å². The second-order valence-corrected chi connectivity index (χ2v) is 5.43. The molecule has 0 heterocycles. The van der Waals surface area contributed by atoms with Gasteiger partial charge in [0.15, 0.2) is 6.29 Å². The van der Waals surface area contributed by atoms with Gasteiger partial charge in [-0.3, -0.25) is 4.79 Å². The van der Waals surface area contributed by atoms with Crippen LogP contribution in [0.15, 0.2) is 78.9 Å². The van der Waals surface area contributed by atoms with E-state index in [2.05, 4.69) is 54.6 Å². The van der Waals surface area contributed by atoms with Gasteiger partial charge in [-0.2, -0.15) is 0 Å². The van der Waals surface area contributed by atoms with Crippen molar-refractivity contribution in [3.63, 3.8) is 0 Å². The largest absolute Gasteiger partial charge is 0.298 e. The number of carbonyl (C=O) groups is 1. The molecular weight excluding hydrogens is 268 g/mol. The molecule has 0 radical (unpaired) electrons. The van der Waals surface area contributed by atoms with E-state index in [1.165, 1.54) is 21.5 Å². The Balaban J connectivity index is 1.98. The minimum absolute atomic E-state index is 0.725. The van der Waals surface area contributed by atoms with Crippen molar-refractivity contribution in [3.8, 4) is 11.1 Å². The number of benzene rings is 4. The van der Waals surface area contributed by atoms with Crippen molar-refractivity contribution in [1.29, 1.82) is 0 Å². The Hall–Kier alpha value is -2.93. The van der Waals surface area contributed by atoms with Gasteiger partial charge in [-0.05, 0) is 38.7 Å². The van der Waals surface area contributed by atoms with Gasteiger partial charge in [0.1, 0.15) is 0 Å². The number of aldehydes is 1. The van der Waals surface area contributed by atoms with Gasteiger partial charge >= 0.3 is 0 Å². The molecular formula is C21H14O. The summed E-state index contributed by atoms with van der Waals surface area (Å²) in [5, 5.41) is 4.94. The smallest absolute Gasteiger partial charge is 0.150 e. The van der Waals surface area contributed by atoms with Gasteiger partial charge in [-0.25, -0.2) is 0 Å². The van der Waals surface area contributed by atoms with Crippen LogP contribution in [0.4, 0.5) is 0 Å². The summed E-state index contributed by atoms with van der Waals surface area (Å²) in [4.78, 5) is 11.2. The van der Waals surface area contributed by atoms with Crippen LogP contribution in [0.2, 0.25) is 0 Å². The van der Waals surface area contributed by atoms with Crippen LogP contribution in [0.25, 0.3) is 32.7 Å². The predicted molar refractivity (Wildman–Crippen MR) is 92.3 cm³/mol. The molecule has 4 aromatic rings. The number of hydrogen-bond donors (Lipinski definition) is 0. The van der Waals surface area contributed by atoms with E-state index in [0.29, 0.717) is 0 Å². The fourth-order valence-electron chi connectivity index (χ4n) is 3.04. The molecule has 4 rings (SSSR count). The fourth-order valence-corrected chi connectivity index (χ4v) is 3.04. The SMILES string of the molecule is O=Cc1ccccc1-c1ccc2c(ccc3ccccc32)c1. The Morgan fingerprint density at radius 2 is 1.36 bits per heavy atom. The van der Waals surface area contributed by atoms with Gasteiger partial charge in [0, 0.05) is 5.56 Å². The maximum atomic E-state index is 11.2. The first-order chi connectivity index (χ1) is 10.9. The summed E-state index contributed by atoms with van der Waals surface area (Å²) in [6.07, 6.45) is 0.917. The highest BCUT2D eigenvalue weighted by Gasteiger charge is 2.06.